The molecule has 4 atom stereocenters. The maximum Gasteiger partial charge on any atom is 0.0975 e. The molecule has 3 heteroatoms. The minimum atomic E-state index is 0.0844. The lowest BCUT2D eigenvalue weighted by Crippen LogP contribution is -2.39. The van der Waals surface area contributed by atoms with Gasteiger partial charge >= 0.3 is 0 Å². The summed E-state index contributed by atoms with van der Waals surface area (Å²) < 4.78 is 6.02. The molecule has 2 nitrogen and oxygen atoms in total. The van der Waals surface area contributed by atoms with Crippen molar-refractivity contribution in [3.8, 4) is 0 Å². The van der Waals surface area contributed by atoms with Crippen LogP contribution in [0.4, 0.5) is 0 Å². The Labute approximate surface area is 108 Å². The molecular formula is C14H20ClNO. The average Bonchev–Trinajstić information content (AvgIpc) is 2.40. The normalized spacial score (nSPS) is 34.4. The van der Waals surface area contributed by atoms with Gasteiger partial charge in [-0.3, -0.25) is 0 Å². The average molecular weight is 254 g/mol. The number of hydrogen-bond acceptors (Lipinski definition) is 2. The van der Waals surface area contributed by atoms with Crippen molar-refractivity contribution in [3.05, 3.63) is 34.9 Å². The summed E-state index contributed by atoms with van der Waals surface area (Å²) in [6.45, 7) is 7.38. The summed E-state index contributed by atoms with van der Waals surface area (Å²) in [7, 11) is 0. The van der Waals surface area contributed by atoms with Crippen molar-refractivity contribution in [1.82, 2.24) is 5.32 Å². The Morgan fingerprint density at radius 3 is 2.71 bits per heavy atom. The number of nitrogens with one attached hydrogen (secondary N) is 1. The van der Waals surface area contributed by atoms with Crippen molar-refractivity contribution in [2.45, 2.75) is 39.0 Å². The van der Waals surface area contributed by atoms with Crippen LogP contribution in [0.2, 0.25) is 5.02 Å². The molecule has 1 aromatic rings. The van der Waals surface area contributed by atoms with Crippen LogP contribution in [-0.4, -0.2) is 18.7 Å². The van der Waals surface area contributed by atoms with Gasteiger partial charge in [-0.2, -0.15) is 0 Å². The second kappa shape index (κ2) is 5.38. The maximum atomic E-state index is 6.03. The van der Waals surface area contributed by atoms with Crippen molar-refractivity contribution in [2.24, 2.45) is 5.92 Å². The molecule has 1 N–H and O–H groups in total. The van der Waals surface area contributed by atoms with Gasteiger partial charge < -0.3 is 10.1 Å². The van der Waals surface area contributed by atoms with Crippen LogP contribution in [0.15, 0.2) is 24.3 Å². The van der Waals surface area contributed by atoms with Crippen molar-refractivity contribution in [3.63, 3.8) is 0 Å². The minimum Gasteiger partial charge on any atom is -0.372 e. The van der Waals surface area contributed by atoms with Crippen molar-refractivity contribution in [2.75, 3.05) is 6.61 Å². The predicted molar refractivity (Wildman–Crippen MR) is 71.4 cm³/mol. The molecule has 4 unspecified atom stereocenters. The number of halogens is 1. The monoisotopic (exact) mass is 253 g/mol. The lowest BCUT2D eigenvalue weighted by atomic mass is 10.0. The number of benzene rings is 1. The molecule has 1 heterocycles. The van der Waals surface area contributed by atoms with Crippen molar-refractivity contribution >= 4 is 11.6 Å². The summed E-state index contributed by atoms with van der Waals surface area (Å²) in [6.07, 6.45) is 0.0844. The lowest BCUT2D eigenvalue weighted by Gasteiger charge is -2.24. The van der Waals surface area contributed by atoms with E-state index in [2.05, 4.69) is 32.2 Å². The fourth-order valence-electron chi connectivity index (χ4n) is 2.28. The molecule has 0 radical (unpaired) electrons. The van der Waals surface area contributed by atoms with Gasteiger partial charge in [0.05, 0.1) is 12.7 Å². The molecule has 1 aromatic carbocycles. The first-order valence-corrected chi connectivity index (χ1v) is 6.59. The molecule has 2 rings (SSSR count). The van der Waals surface area contributed by atoms with E-state index in [1.54, 1.807) is 0 Å². The molecule has 1 saturated heterocycles. The van der Waals surface area contributed by atoms with E-state index in [-0.39, 0.29) is 6.10 Å². The summed E-state index contributed by atoms with van der Waals surface area (Å²) >= 11 is 6.03. The first-order chi connectivity index (χ1) is 8.08. The molecule has 1 fully saturated rings. The largest absolute Gasteiger partial charge is 0.372 e. The minimum absolute atomic E-state index is 0.0844. The molecule has 0 aromatic heterocycles. The van der Waals surface area contributed by atoms with Crippen molar-refractivity contribution in [1.29, 1.82) is 0 Å². The molecule has 0 saturated carbocycles. The SMILES string of the molecule is CC1COC(c2cccc(Cl)c2)C(C)NC1C. The third kappa shape index (κ3) is 3.01. The maximum absolute atomic E-state index is 6.03. The molecule has 0 spiro atoms. The van der Waals surface area contributed by atoms with E-state index in [1.807, 2.05) is 18.2 Å². The highest BCUT2D eigenvalue weighted by atomic mass is 35.5. The Kier molecular flexibility index (Phi) is 4.08. The zero-order valence-electron chi connectivity index (χ0n) is 10.6. The van der Waals surface area contributed by atoms with Crippen LogP contribution < -0.4 is 5.32 Å². The summed E-state index contributed by atoms with van der Waals surface area (Å²) in [4.78, 5) is 0. The zero-order chi connectivity index (χ0) is 12.4. The summed E-state index contributed by atoms with van der Waals surface area (Å²) in [5, 5.41) is 4.36. The molecule has 0 aliphatic carbocycles. The van der Waals surface area contributed by atoms with Gasteiger partial charge in [-0.25, -0.2) is 0 Å². The lowest BCUT2D eigenvalue weighted by molar-refractivity contribution is 0.0330. The van der Waals surface area contributed by atoms with Crippen LogP contribution in [0.1, 0.15) is 32.4 Å². The third-order valence-corrected chi connectivity index (χ3v) is 3.78. The van der Waals surface area contributed by atoms with E-state index in [4.69, 9.17) is 16.3 Å². The third-order valence-electron chi connectivity index (χ3n) is 3.55. The van der Waals surface area contributed by atoms with E-state index in [0.717, 1.165) is 17.2 Å². The molecule has 1 aliphatic rings. The van der Waals surface area contributed by atoms with E-state index >= 15 is 0 Å². The highest BCUT2D eigenvalue weighted by molar-refractivity contribution is 6.30. The van der Waals surface area contributed by atoms with Gasteiger partial charge in [0.2, 0.25) is 0 Å². The van der Waals surface area contributed by atoms with E-state index in [0.29, 0.717) is 18.0 Å². The molecular weight excluding hydrogens is 234 g/mol. The quantitative estimate of drug-likeness (QED) is 0.828. The standard InChI is InChI=1S/C14H20ClNO/c1-9-8-17-14(11(3)16-10(9)2)12-5-4-6-13(15)7-12/h4-7,9-11,14,16H,8H2,1-3H3. The summed E-state index contributed by atoms with van der Waals surface area (Å²) in [5.41, 5.74) is 1.15. The zero-order valence-corrected chi connectivity index (χ0v) is 11.4. The van der Waals surface area contributed by atoms with Crippen LogP contribution in [-0.2, 0) is 4.74 Å². The van der Waals surface area contributed by atoms with Gasteiger partial charge in [-0.15, -0.1) is 0 Å². The fourth-order valence-corrected chi connectivity index (χ4v) is 2.48. The van der Waals surface area contributed by atoms with E-state index in [1.165, 1.54) is 0 Å². The van der Waals surface area contributed by atoms with Crippen LogP contribution in [0.3, 0.4) is 0 Å². The number of ether oxygens (including phenoxy) is 1. The van der Waals surface area contributed by atoms with Gasteiger partial charge in [-0.05, 0) is 37.5 Å². The van der Waals surface area contributed by atoms with Crippen LogP contribution >= 0.6 is 11.6 Å². The smallest absolute Gasteiger partial charge is 0.0975 e. The Morgan fingerprint density at radius 2 is 2.00 bits per heavy atom. The molecule has 1 aliphatic heterocycles. The Morgan fingerprint density at radius 1 is 1.24 bits per heavy atom. The van der Waals surface area contributed by atoms with Crippen LogP contribution in [0.25, 0.3) is 0 Å². The Balaban J connectivity index is 2.20. The van der Waals surface area contributed by atoms with Gasteiger partial charge in [0.15, 0.2) is 0 Å². The Bertz CT molecular complexity index is 382. The predicted octanol–water partition coefficient (Wildman–Crippen LogP) is 3.41. The summed E-state index contributed by atoms with van der Waals surface area (Å²) in [5.74, 6) is 0.529. The van der Waals surface area contributed by atoms with Gasteiger partial charge in [0, 0.05) is 17.1 Å². The van der Waals surface area contributed by atoms with Crippen LogP contribution in [0, 0.1) is 5.92 Å². The highest BCUT2D eigenvalue weighted by Crippen LogP contribution is 2.27. The molecule has 17 heavy (non-hydrogen) atoms. The van der Waals surface area contributed by atoms with E-state index in [9.17, 15) is 0 Å². The highest BCUT2D eigenvalue weighted by Gasteiger charge is 2.28. The topological polar surface area (TPSA) is 21.3 Å². The molecule has 0 amide bonds. The second-order valence-corrected chi connectivity index (χ2v) is 5.47. The van der Waals surface area contributed by atoms with Gasteiger partial charge in [0.25, 0.3) is 0 Å². The van der Waals surface area contributed by atoms with Gasteiger partial charge in [0.1, 0.15) is 0 Å². The van der Waals surface area contributed by atoms with Crippen LogP contribution in [0.5, 0.6) is 0 Å². The van der Waals surface area contributed by atoms with Crippen molar-refractivity contribution < 1.29 is 4.74 Å². The first kappa shape index (κ1) is 12.9. The number of rotatable bonds is 1. The Hall–Kier alpha value is -0.570. The van der Waals surface area contributed by atoms with E-state index < -0.39 is 0 Å². The molecule has 94 valence electrons. The number of hydrogen-bond donors (Lipinski definition) is 1. The molecule has 0 bridgehead atoms. The van der Waals surface area contributed by atoms with Gasteiger partial charge in [-0.1, -0.05) is 30.7 Å². The second-order valence-electron chi connectivity index (χ2n) is 5.03. The summed E-state index contributed by atoms with van der Waals surface area (Å²) in [6, 6.07) is 8.72. The first-order valence-electron chi connectivity index (χ1n) is 6.21. The fraction of sp³-hybridized carbons (Fsp3) is 0.571.